The molecule has 0 radical (unpaired) electrons. The first-order valence-corrected chi connectivity index (χ1v) is 9.71. The Morgan fingerprint density at radius 2 is 1.83 bits per heavy atom. The van der Waals surface area contributed by atoms with E-state index in [0.29, 0.717) is 6.54 Å². The molecule has 5 nitrogen and oxygen atoms in total. The summed E-state index contributed by atoms with van der Waals surface area (Å²) in [7, 11) is 0. The lowest BCUT2D eigenvalue weighted by molar-refractivity contribution is -0.137. The van der Waals surface area contributed by atoms with E-state index in [1.54, 1.807) is 23.7 Å². The molecule has 0 saturated carbocycles. The van der Waals surface area contributed by atoms with Gasteiger partial charge in [-0.3, -0.25) is 9.78 Å². The number of ether oxygens (including phenoxy) is 1. The second-order valence-electron chi connectivity index (χ2n) is 6.13. The predicted octanol–water partition coefficient (Wildman–Crippen LogP) is 4.35. The average Bonchev–Trinajstić information content (AvgIpc) is 3.19. The third-order valence-electron chi connectivity index (χ3n) is 3.97. The highest BCUT2D eigenvalue weighted by molar-refractivity contribution is 7.09. The summed E-state index contributed by atoms with van der Waals surface area (Å²) >= 11 is 1.56. The SMILES string of the molecule is O=C(COc1ccc(C(F)(F)F)cc1)NCCCc1nc(-c2ccncc2)cs1. The van der Waals surface area contributed by atoms with Gasteiger partial charge in [0.15, 0.2) is 6.61 Å². The minimum Gasteiger partial charge on any atom is -0.484 e. The van der Waals surface area contributed by atoms with E-state index in [1.807, 2.05) is 17.5 Å². The number of benzene rings is 1. The van der Waals surface area contributed by atoms with Crippen molar-refractivity contribution in [3.63, 3.8) is 0 Å². The quantitative estimate of drug-likeness (QED) is 0.549. The molecule has 0 saturated heterocycles. The largest absolute Gasteiger partial charge is 0.484 e. The lowest BCUT2D eigenvalue weighted by atomic mass is 10.2. The average molecular weight is 421 g/mol. The summed E-state index contributed by atoms with van der Waals surface area (Å²) in [5, 5.41) is 5.69. The molecule has 1 aromatic carbocycles. The fourth-order valence-electron chi connectivity index (χ4n) is 2.49. The van der Waals surface area contributed by atoms with E-state index < -0.39 is 11.7 Å². The first-order chi connectivity index (χ1) is 13.9. The topological polar surface area (TPSA) is 64.1 Å². The zero-order valence-electron chi connectivity index (χ0n) is 15.3. The van der Waals surface area contributed by atoms with Crippen LogP contribution in [0.3, 0.4) is 0 Å². The summed E-state index contributed by atoms with van der Waals surface area (Å²) in [6, 6.07) is 8.02. The minimum atomic E-state index is -4.40. The van der Waals surface area contributed by atoms with Gasteiger partial charge in [0.05, 0.1) is 16.3 Å². The number of pyridine rings is 1. The number of hydrogen-bond acceptors (Lipinski definition) is 5. The normalized spacial score (nSPS) is 11.3. The van der Waals surface area contributed by atoms with Crippen LogP contribution < -0.4 is 10.1 Å². The van der Waals surface area contributed by atoms with Crippen LogP contribution in [0, 0.1) is 0 Å². The Kier molecular flexibility index (Phi) is 6.82. The Morgan fingerprint density at radius 1 is 1.10 bits per heavy atom. The van der Waals surface area contributed by atoms with Gasteiger partial charge in [0.1, 0.15) is 5.75 Å². The maximum absolute atomic E-state index is 12.5. The summed E-state index contributed by atoms with van der Waals surface area (Å²) in [4.78, 5) is 20.4. The van der Waals surface area contributed by atoms with Crippen molar-refractivity contribution in [2.75, 3.05) is 13.2 Å². The van der Waals surface area contributed by atoms with Crippen molar-refractivity contribution in [2.24, 2.45) is 0 Å². The second kappa shape index (κ2) is 9.51. The number of amides is 1. The van der Waals surface area contributed by atoms with Gasteiger partial charge in [-0.15, -0.1) is 11.3 Å². The van der Waals surface area contributed by atoms with Gasteiger partial charge in [-0.1, -0.05) is 0 Å². The molecule has 1 N–H and O–H groups in total. The molecule has 2 heterocycles. The summed E-state index contributed by atoms with van der Waals surface area (Å²) in [6.07, 6.45) is 0.491. The van der Waals surface area contributed by atoms with E-state index in [0.717, 1.165) is 41.2 Å². The van der Waals surface area contributed by atoms with E-state index in [1.165, 1.54) is 12.1 Å². The van der Waals surface area contributed by atoms with Crippen LogP contribution in [0.2, 0.25) is 0 Å². The van der Waals surface area contributed by atoms with Crippen LogP contribution in [0.25, 0.3) is 11.3 Å². The van der Waals surface area contributed by atoms with Gasteiger partial charge in [0.25, 0.3) is 5.91 Å². The van der Waals surface area contributed by atoms with Crippen LogP contribution in [0.1, 0.15) is 17.0 Å². The number of hydrogen-bond donors (Lipinski definition) is 1. The molecule has 1 amide bonds. The third-order valence-corrected chi connectivity index (χ3v) is 4.88. The van der Waals surface area contributed by atoms with E-state index in [4.69, 9.17) is 4.74 Å². The predicted molar refractivity (Wildman–Crippen MR) is 104 cm³/mol. The number of aromatic nitrogens is 2. The van der Waals surface area contributed by atoms with Crippen LogP contribution >= 0.6 is 11.3 Å². The van der Waals surface area contributed by atoms with Gasteiger partial charge in [-0.2, -0.15) is 13.2 Å². The fraction of sp³-hybridized carbons (Fsp3) is 0.250. The van der Waals surface area contributed by atoms with E-state index in [9.17, 15) is 18.0 Å². The van der Waals surface area contributed by atoms with Crippen molar-refractivity contribution in [1.29, 1.82) is 0 Å². The molecule has 0 unspecified atom stereocenters. The number of thiazole rings is 1. The number of rotatable bonds is 8. The molecule has 9 heteroatoms. The Balaban J connectivity index is 1.36. The minimum absolute atomic E-state index is 0.208. The molecular weight excluding hydrogens is 403 g/mol. The van der Waals surface area contributed by atoms with E-state index in [-0.39, 0.29) is 18.3 Å². The highest BCUT2D eigenvalue weighted by Crippen LogP contribution is 2.30. The Bertz CT molecular complexity index is 928. The van der Waals surface area contributed by atoms with Crippen molar-refractivity contribution < 1.29 is 22.7 Å². The molecule has 0 aliphatic rings. The maximum Gasteiger partial charge on any atom is 0.416 e. The number of nitrogens with zero attached hydrogens (tertiary/aromatic N) is 2. The van der Waals surface area contributed by atoms with Crippen LogP contribution in [-0.4, -0.2) is 29.0 Å². The standard InChI is InChI=1S/C20H18F3N3O2S/c21-20(22,23)15-3-5-16(6-4-15)28-12-18(27)25-9-1-2-19-26-17(13-29-19)14-7-10-24-11-8-14/h3-8,10-11,13H,1-2,9,12H2,(H,25,27). The Labute approximate surface area is 169 Å². The monoisotopic (exact) mass is 421 g/mol. The summed E-state index contributed by atoms with van der Waals surface area (Å²) in [5.74, 6) is -0.124. The van der Waals surface area contributed by atoms with Gasteiger partial charge in [0, 0.05) is 36.3 Å². The summed E-state index contributed by atoms with van der Waals surface area (Å²) < 4.78 is 42.7. The Morgan fingerprint density at radius 3 is 2.52 bits per heavy atom. The first-order valence-electron chi connectivity index (χ1n) is 8.83. The van der Waals surface area contributed by atoms with Gasteiger partial charge >= 0.3 is 6.18 Å². The van der Waals surface area contributed by atoms with Crippen molar-refractivity contribution in [1.82, 2.24) is 15.3 Å². The molecule has 29 heavy (non-hydrogen) atoms. The molecule has 0 spiro atoms. The highest BCUT2D eigenvalue weighted by atomic mass is 32.1. The molecule has 3 aromatic rings. The number of carbonyl (C=O) groups is 1. The lowest BCUT2D eigenvalue weighted by Crippen LogP contribution is -2.29. The molecule has 0 bridgehead atoms. The lowest BCUT2D eigenvalue weighted by Gasteiger charge is -2.09. The molecule has 0 atom stereocenters. The molecular formula is C20H18F3N3O2S. The van der Waals surface area contributed by atoms with Gasteiger partial charge in [-0.05, 0) is 42.8 Å². The number of halogens is 3. The molecule has 3 rings (SSSR count). The van der Waals surface area contributed by atoms with Crippen molar-refractivity contribution in [3.8, 4) is 17.0 Å². The van der Waals surface area contributed by atoms with Crippen molar-refractivity contribution in [3.05, 3.63) is 64.7 Å². The van der Waals surface area contributed by atoms with Gasteiger partial charge in [0.2, 0.25) is 0 Å². The summed E-state index contributed by atoms with van der Waals surface area (Å²) in [5.41, 5.74) is 1.15. The van der Waals surface area contributed by atoms with Crippen LogP contribution in [0.15, 0.2) is 54.2 Å². The zero-order chi connectivity index (χ0) is 20.7. The third kappa shape index (κ3) is 6.28. The highest BCUT2D eigenvalue weighted by Gasteiger charge is 2.30. The van der Waals surface area contributed by atoms with Crippen molar-refractivity contribution in [2.45, 2.75) is 19.0 Å². The van der Waals surface area contributed by atoms with E-state index >= 15 is 0 Å². The number of alkyl halides is 3. The zero-order valence-corrected chi connectivity index (χ0v) is 16.1. The van der Waals surface area contributed by atoms with Crippen LogP contribution in [-0.2, 0) is 17.4 Å². The molecule has 152 valence electrons. The van der Waals surface area contributed by atoms with Gasteiger partial charge in [-0.25, -0.2) is 4.98 Å². The molecule has 0 aliphatic carbocycles. The van der Waals surface area contributed by atoms with Crippen LogP contribution in [0.5, 0.6) is 5.75 Å². The fourth-order valence-corrected chi connectivity index (χ4v) is 3.34. The Hall–Kier alpha value is -2.94. The molecule has 0 aliphatic heterocycles. The smallest absolute Gasteiger partial charge is 0.416 e. The molecule has 0 fully saturated rings. The number of aryl methyl sites for hydroxylation is 1. The van der Waals surface area contributed by atoms with Crippen LogP contribution in [0.4, 0.5) is 13.2 Å². The second-order valence-corrected chi connectivity index (χ2v) is 7.07. The molecule has 2 aromatic heterocycles. The maximum atomic E-state index is 12.5. The number of nitrogens with one attached hydrogen (secondary N) is 1. The number of carbonyl (C=O) groups excluding carboxylic acids is 1. The van der Waals surface area contributed by atoms with Gasteiger partial charge < -0.3 is 10.1 Å². The van der Waals surface area contributed by atoms with Crippen molar-refractivity contribution >= 4 is 17.2 Å². The van der Waals surface area contributed by atoms with E-state index in [2.05, 4.69) is 15.3 Å². The summed E-state index contributed by atoms with van der Waals surface area (Å²) in [6.45, 7) is 0.203. The first kappa shape index (κ1) is 20.8.